The van der Waals surface area contributed by atoms with E-state index in [-0.39, 0.29) is 5.91 Å². The van der Waals surface area contributed by atoms with Crippen molar-refractivity contribution in [3.8, 4) is 0 Å². The van der Waals surface area contributed by atoms with Gasteiger partial charge < -0.3 is 10.6 Å². The second-order valence-electron chi connectivity index (χ2n) is 5.59. The fourth-order valence-corrected chi connectivity index (χ4v) is 3.44. The molecule has 120 valence electrons. The topological polar surface area (TPSA) is 66.6 Å². The zero-order chi connectivity index (χ0) is 16.2. The summed E-state index contributed by atoms with van der Waals surface area (Å²) < 4.78 is 0. The Labute approximate surface area is 139 Å². The van der Waals surface area contributed by atoms with Crippen molar-refractivity contribution in [2.24, 2.45) is 5.73 Å². The fourth-order valence-electron chi connectivity index (χ4n) is 2.69. The predicted octanol–water partition coefficient (Wildman–Crippen LogP) is 1.80. The van der Waals surface area contributed by atoms with Crippen LogP contribution in [0.1, 0.15) is 25.6 Å². The fraction of sp³-hybridized carbons (Fsp3) is 0.294. The summed E-state index contributed by atoms with van der Waals surface area (Å²) in [7, 11) is 0. The van der Waals surface area contributed by atoms with Gasteiger partial charge in [0.1, 0.15) is 0 Å². The van der Waals surface area contributed by atoms with Crippen molar-refractivity contribution in [2.45, 2.75) is 6.54 Å². The van der Waals surface area contributed by atoms with Crippen LogP contribution in [0.2, 0.25) is 0 Å². The van der Waals surface area contributed by atoms with E-state index in [4.69, 9.17) is 5.73 Å². The summed E-state index contributed by atoms with van der Waals surface area (Å²) >= 11 is 1.76. The first-order chi connectivity index (χ1) is 11.1. The third kappa shape index (κ3) is 3.78. The van der Waals surface area contributed by atoms with Crippen molar-refractivity contribution in [2.75, 3.05) is 26.2 Å². The molecule has 1 fully saturated rings. The maximum absolute atomic E-state index is 12.5. The summed E-state index contributed by atoms with van der Waals surface area (Å²) in [6, 6.07) is 10.7. The average molecular weight is 329 g/mol. The molecule has 5 nitrogen and oxygen atoms in total. The highest BCUT2D eigenvalue weighted by Crippen LogP contribution is 2.15. The van der Waals surface area contributed by atoms with Crippen LogP contribution in [-0.4, -0.2) is 47.8 Å². The van der Waals surface area contributed by atoms with Crippen LogP contribution in [-0.2, 0) is 6.54 Å². The van der Waals surface area contributed by atoms with Crippen LogP contribution >= 0.6 is 11.3 Å². The Balaban J connectivity index is 1.56. The van der Waals surface area contributed by atoms with Crippen molar-refractivity contribution in [1.29, 1.82) is 0 Å². The van der Waals surface area contributed by atoms with Gasteiger partial charge in [-0.05, 0) is 35.7 Å². The Bertz CT molecular complexity index is 674. The first kappa shape index (κ1) is 15.7. The van der Waals surface area contributed by atoms with E-state index in [0.29, 0.717) is 11.1 Å². The van der Waals surface area contributed by atoms with Gasteiger partial charge >= 0.3 is 0 Å². The Morgan fingerprint density at radius 3 is 2.22 bits per heavy atom. The number of primary amides is 1. The molecule has 2 aromatic rings. The monoisotopic (exact) mass is 329 g/mol. The number of nitrogens with two attached hydrogens (primary N) is 1. The Morgan fingerprint density at radius 2 is 1.65 bits per heavy atom. The number of piperazine rings is 1. The van der Waals surface area contributed by atoms with Gasteiger partial charge in [-0.2, -0.15) is 0 Å². The van der Waals surface area contributed by atoms with E-state index < -0.39 is 5.91 Å². The van der Waals surface area contributed by atoms with E-state index in [1.807, 2.05) is 4.90 Å². The number of carbonyl (C=O) groups is 2. The number of hydrogen-bond acceptors (Lipinski definition) is 4. The lowest BCUT2D eigenvalue weighted by atomic mass is 10.1. The molecule has 2 heterocycles. The number of benzene rings is 1. The normalized spacial score (nSPS) is 15.6. The summed E-state index contributed by atoms with van der Waals surface area (Å²) in [6.45, 7) is 4.16. The summed E-state index contributed by atoms with van der Waals surface area (Å²) in [6.07, 6.45) is 0. The average Bonchev–Trinajstić information content (AvgIpc) is 3.08. The maximum Gasteiger partial charge on any atom is 0.253 e. The van der Waals surface area contributed by atoms with Crippen LogP contribution < -0.4 is 5.73 Å². The SMILES string of the molecule is NC(=O)c1ccc(C(=O)N2CCN(Cc3cccs3)CC2)cc1. The molecular weight excluding hydrogens is 310 g/mol. The Hall–Kier alpha value is -2.18. The van der Waals surface area contributed by atoms with Gasteiger partial charge in [0, 0.05) is 48.7 Å². The van der Waals surface area contributed by atoms with Gasteiger partial charge in [-0.1, -0.05) is 6.07 Å². The highest BCUT2D eigenvalue weighted by atomic mass is 32.1. The van der Waals surface area contributed by atoms with Crippen LogP contribution in [0.4, 0.5) is 0 Å². The molecule has 0 bridgehead atoms. The zero-order valence-corrected chi connectivity index (χ0v) is 13.6. The second-order valence-corrected chi connectivity index (χ2v) is 6.62. The quantitative estimate of drug-likeness (QED) is 0.930. The third-order valence-electron chi connectivity index (χ3n) is 4.04. The smallest absolute Gasteiger partial charge is 0.253 e. The number of rotatable bonds is 4. The van der Waals surface area contributed by atoms with Crippen molar-refractivity contribution in [3.63, 3.8) is 0 Å². The van der Waals surface area contributed by atoms with Gasteiger partial charge in [0.25, 0.3) is 5.91 Å². The van der Waals surface area contributed by atoms with Crippen LogP contribution in [0.3, 0.4) is 0 Å². The lowest BCUT2D eigenvalue weighted by Crippen LogP contribution is -2.48. The molecule has 3 rings (SSSR count). The lowest BCUT2D eigenvalue weighted by Gasteiger charge is -2.34. The number of hydrogen-bond donors (Lipinski definition) is 1. The van der Waals surface area contributed by atoms with E-state index in [9.17, 15) is 9.59 Å². The largest absolute Gasteiger partial charge is 0.366 e. The number of nitrogens with zero attached hydrogens (tertiary/aromatic N) is 2. The summed E-state index contributed by atoms with van der Waals surface area (Å²) in [5, 5.41) is 2.09. The van der Waals surface area contributed by atoms with Gasteiger partial charge in [-0.15, -0.1) is 11.3 Å². The molecule has 1 aromatic heterocycles. The van der Waals surface area contributed by atoms with Gasteiger partial charge in [0.05, 0.1) is 0 Å². The van der Waals surface area contributed by atoms with Crippen molar-refractivity contribution >= 4 is 23.2 Å². The minimum Gasteiger partial charge on any atom is -0.366 e. The highest BCUT2D eigenvalue weighted by molar-refractivity contribution is 7.09. The molecule has 0 aliphatic carbocycles. The summed E-state index contributed by atoms with van der Waals surface area (Å²) in [5.74, 6) is -0.469. The number of carbonyl (C=O) groups excluding carboxylic acids is 2. The Kier molecular flexibility index (Phi) is 4.73. The first-order valence-electron chi connectivity index (χ1n) is 7.57. The van der Waals surface area contributed by atoms with E-state index in [1.165, 1.54) is 4.88 Å². The minimum absolute atomic E-state index is 0.0109. The molecule has 0 atom stereocenters. The number of thiophene rings is 1. The molecule has 1 aliphatic rings. The molecule has 1 aromatic carbocycles. The van der Waals surface area contributed by atoms with Crippen LogP contribution in [0.15, 0.2) is 41.8 Å². The molecule has 0 unspecified atom stereocenters. The zero-order valence-electron chi connectivity index (χ0n) is 12.8. The van der Waals surface area contributed by atoms with E-state index in [2.05, 4.69) is 22.4 Å². The van der Waals surface area contributed by atoms with Crippen LogP contribution in [0.25, 0.3) is 0 Å². The molecule has 0 radical (unpaired) electrons. The van der Waals surface area contributed by atoms with Crippen molar-refractivity contribution < 1.29 is 9.59 Å². The van der Waals surface area contributed by atoms with Gasteiger partial charge in [0.2, 0.25) is 5.91 Å². The molecule has 2 amide bonds. The second kappa shape index (κ2) is 6.93. The molecule has 6 heteroatoms. The Morgan fingerprint density at radius 1 is 1.00 bits per heavy atom. The molecule has 23 heavy (non-hydrogen) atoms. The maximum atomic E-state index is 12.5. The van der Waals surface area contributed by atoms with E-state index >= 15 is 0 Å². The van der Waals surface area contributed by atoms with Crippen molar-refractivity contribution in [3.05, 3.63) is 57.8 Å². The van der Waals surface area contributed by atoms with Gasteiger partial charge in [0.15, 0.2) is 0 Å². The first-order valence-corrected chi connectivity index (χ1v) is 8.45. The van der Waals surface area contributed by atoms with E-state index in [0.717, 1.165) is 32.7 Å². The van der Waals surface area contributed by atoms with Gasteiger partial charge in [-0.3, -0.25) is 14.5 Å². The van der Waals surface area contributed by atoms with E-state index in [1.54, 1.807) is 35.6 Å². The van der Waals surface area contributed by atoms with Crippen LogP contribution in [0, 0.1) is 0 Å². The predicted molar refractivity (Wildman–Crippen MR) is 90.5 cm³/mol. The third-order valence-corrected chi connectivity index (χ3v) is 4.90. The standard InChI is InChI=1S/C17H19N3O2S/c18-16(21)13-3-5-14(6-4-13)17(22)20-9-7-19(8-10-20)12-15-2-1-11-23-15/h1-6,11H,7-10,12H2,(H2,18,21). The molecule has 2 N–H and O–H groups in total. The molecule has 0 spiro atoms. The summed E-state index contributed by atoms with van der Waals surface area (Å²) in [4.78, 5) is 29.2. The highest BCUT2D eigenvalue weighted by Gasteiger charge is 2.22. The molecule has 1 saturated heterocycles. The molecule has 1 aliphatic heterocycles. The molecule has 0 saturated carbocycles. The summed E-state index contributed by atoms with van der Waals surface area (Å²) in [5.41, 5.74) is 6.23. The number of amides is 2. The van der Waals surface area contributed by atoms with Gasteiger partial charge in [-0.25, -0.2) is 0 Å². The van der Waals surface area contributed by atoms with Crippen molar-refractivity contribution in [1.82, 2.24) is 9.80 Å². The minimum atomic E-state index is -0.480. The molecular formula is C17H19N3O2S. The van der Waals surface area contributed by atoms with Crippen LogP contribution in [0.5, 0.6) is 0 Å². The lowest BCUT2D eigenvalue weighted by molar-refractivity contribution is 0.0629.